The van der Waals surface area contributed by atoms with E-state index in [0.29, 0.717) is 17.5 Å². The highest BCUT2D eigenvalue weighted by Crippen LogP contribution is 2.25. The number of carbonyl (C=O) groups excluding carboxylic acids is 1. The quantitative estimate of drug-likeness (QED) is 0.526. The van der Waals surface area contributed by atoms with Crippen LogP contribution in [-0.4, -0.2) is 33.3 Å². The molecule has 0 aromatic heterocycles. The van der Waals surface area contributed by atoms with E-state index in [1.54, 1.807) is 12.1 Å². The van der Waals surface area contributed by atoms with Crippen LogP contribution in [0.3, 0.4) is 0 Å². The largest absolute Gasteiger partial charge is 0.508 e. The fourth-order valence-electron chi connectivity index (χ4n) is 2.75. The van der Waals surface area contributed by atoms with Gasteiger partial charge in [0.2, 0.25) is 5.91 Å². The number of phenols is 2. The van der Waals surface area contributed by atoms with Crippen molar-refractivity contribution in [2.45, 2.75) is 31.9 Å². The molecule has 0 bridgehead atoms. The van der Waals surface area contributed by atoms with E-state index in [1.807, 2.05) is 26.0 Å². The normalized spacial score (nSPS) is 12.8. The molecule has 0 heterocycles. The van der Waals surface area contributed by atoms with Gasteiger partial charge in [0.15, 0.2) is 0 Å². The summed E-state index contributed by atoms with van der Waals surface area (Å²) in [7, 11) is 0. The monoisotopic (exact) mass is 344 g/mol. The molecule has 6 nitrogen and oxygen atoms in total. The Morgan fingerprint density at radius 2 is 1.76 bits per heavy atom. The molecule has 0 aliphatic heterocycles. The summed E-state index contributed by atoms with van der Waals surface area (Å²) in [4.78, 5) is 11.5. The number of aliphatic hydroxyl groups is 1. The third-order valence-corrected chi connectivity index (χ3v) is 4.00. The highest BCUT2D eigenvalue weighted by molar-refractivity contribution is 5.94. The van der Waals surface area contributed by atoms with E-state index in [-0.39, 0.29) is 18.0 Å². The van der Waals surface area contributed by atoms with Crippen LogP contribution in [0.2, 0.25) is 0 Å². The van der Waals surface area contributed by atoms with Gasteiger partial charge in [-0.3, -0.25) is 4.79 Å². The second-order valence-electron chi connectivity index (χ2n) is 6.76. The van der Waals surface area contributed by atoms with Gasteiger partial charge in [0, 0.05) is 23.7 Å². The summed E-state index contributed by atoms with van der Waals surface area (Å²) < 4.78 is 0. The van der Waals surface area contributed by atoms with Crippen molar-refractivity contribution in [2.75, 3.05) is 6.54 Å². The molecule has 6 heteroatoms. The van der Waals surface area contributed by atoms with Crippen LogP contribution in [0.5, 0.6) is 11.5 Å². The van der Waals surface area contributed by atoms with Crippen LogP contribution in [0.4, 0.5) is 0 Å². The van der Waals surface area contributed by atoms with Gasteiger partial charge in [-0.2, -0.15) is 0 Å². The average Bonchev–Trinajstić information content (AvgIpc) is 2.51. The summed E-state index contributed by atoms with van der Waals surface area (Å²) in [5, 5.41) is 32.6. The van der Waals surface area contributed by atoms with Gasteiger partial charge in [-0.25, -0.2) is 0 Å². The third-order valence-electron chi connectivity index (χ3n) is 4.00. The van der Waals surface area contributed by atoms with E-state index in [1.165, 1.54) is 18.2 Å². The van der Waals surface area contributed by atoms with Gasteiger partial charge in [-0.1, -0.05) is 18.2 Å². The molecule has 6 N–H and O–H groups in total. The number of phenolic OH excluding ortho intramolecular Hbond substituents is 2. The number of hydrogen-bond acceptors (Lipinski definition) is 5. The van der Waals surface area contributed by atoms with Gasteiger partial charge in [-0.05, 0) is 49.6 Å². The van der Waals surface area contributed by atoms with E-state index in [0.717, 1.165) is 5.56 Å². The SMILES string of the molecule is CC(C)(Cc1ccccc1C(N)=O)NCC(O)c1cc(O)cc(O)c1. The third kappa shape index (κ3) is 5.20. The number of hydrogen-bond donors (Lipinski definition) is 5. The smallest absolute Gasteiger partial charge is 0.248 e. The minimum Gasteiger partial charge on any atom is -0.508 e. The lowest BCUT2D eigenvalue weighted by Gasteiger charge is -2.29. The van der Waals surface area contributed by atoms with Crippen LogP contribution in [0.1, 0.15) is 41.4 Å². The molecule has 0 radical (unpaired) electrons. The first-order valence-electron chi connectivity index (χ1n) is 8.02. The molecule has 1 atom stereocenters. The van der Waals surface area contributed by atoms with E-state index >= 15 is 0 Å². The van der Waals surface area contributed by atoms with Crippen molar-refractivity contribution in [3.63, 3.8) is 0 Å². The summed E-state index contributed by atoms with van der Waals surface area (Å²) in [5.74, 6) is -0.686. The molecular weight excluding hydrogens is 320 g/mol. The Balaban J connectivity index is 2.05. The van der Waals surface area contributed by atoms with Gasteiger partial charge in [0.1, 0.15) is 11.5 Å². The zero-order valence-corrected chi connectivity index (χ0v) is 14.4. The van der Waals surface area contributed by atoms with Crippen LogP contribution < -0.4 is 11.1 Å². The average molecular weight is 344 g/mol. The molecule has 0 aliphatic rings. The van der Waals surface area contributed by atoms with Crippen LogP contribution in [0.25, 0.3) is 0 Å². The number of aromatic hydroxyl groups is 2. The zero-order chi connectivity index (χ0) is 18.6. The molecule has 134 valence electrons. The number of aliphatic hydroxyl groups excluding tert-OH is 1. The molecule has 2 rings (SSSR count). The molecule has 0 aliphatic carbocycles. The van der Waals surface area contributed by atoms with E-state index in [2.05, 4.69) is 5.32 Å². The predicted octanol–water partition coefficient (Wildman–Crippen LogP) is 1.84. The Bertz CT molecular complexity index is 739. The highest BCUT2D eigenvalue weighted by atomic mass is 16.3. The number of nitrogens with one attached hydrogen (secondary N) is 1. The Kier molecular flexibility index (Phi) is 5.66. The number of β-amino-alcohol motifs (C(OH)–C–C–N with tert-alkyl or cyclic N) is 1. The molecule has 2 aromatic carbocycles. The van der Waals surface area contributed by atoms with Gasteiger partial charge < -0.3 is 26.4 Å². The van der Waals surface area contributed by atoms with Gasteiger partial charge in [0.05, 0.1) is 6.10 Å². The summed E-state index contributed by atoms with van der Waals surface area (Å²) in [6.45, 7) is 4.13. The fraction of sp³-hybridized carbons (Fsp3) is 0.316. The molecule has 25 heavy (non-hydrogen) atoms. The molecule has 1 amide bonds. The van der Waals surface area contributed by atoms with Crippen molar-refractivity contribution in [1.29, 1.82) is 0 Å². The van der Waals surface area contributed by atoms with Crippen molar-refractivity contribution < 1.29 is 20.1 Å². The summed E-state index contributed by atoms with van der Waals surface area (Å²) in [6, 6.07) is 11.2. The van der Waals surface area contributed by atoms with E-state index in [4.69, 9.17) is 5.73 Å². The van der Waals surface area contributed by atoms with Crippen LogP contribution in [0, 0.1) is 0 Å². The maximum Gasteiger partial charge on any atom is 0.248 e. The van der Waals surface area contributed by atoms with Crippen LogP contribution in [-0.2, 0) is 6.42 Å². The highest BCUT2D eigenvalue weighted by Gasteiger charge is 2.22. The molecular formula is C19H24N2O4. The van der Waals surface area contributed by atoms with Crippen LogP contribution >= 0.6 is 0 Å². The van der Waals surface area contributed by atoms with Gasteiger partial charge >= 0.3 is 0 Å². The molecule has 0 saturated heterocycles. The first-order chi connectivity index (χ1) is 11.7. The minimum absolute atomic E-state index is 0.108. The molecule has 0 fully saturated rings. The number of benzene rings is 2. The summed E-state index contributed by atoms with van der Waals surface area (Å²) >= 11 is 0. The van der Waals surface area contributed by atoms with E-state index in [9.17, 15) is 20.1 Å². The van der Waals surface area contributed by atoms with Crippen molar-refractivity contribution >= 4 is 5.91 Å². The van der Waals surface area contributed by atoms with Gasteiger partial charge in [0.25, 0.3) is 0 Å². The number of rotatable bonds is 7. The van der Waals surface area contributed by atoms with Crippen molar-refractivity contribution in [1.82, 2.24) is 5.32 Å². The molecule has 0 spiro atoms. The molecule has 1 unspecified atom stereocenters. The lowest BCUT2D eigenvalue weighted by molar-refractivity contribution is 0.0999. The van der Waals surface area contributed by atoms with Crippen molar-refractivity contribution in [2.24, 2.45) is 5.73 Å². The standard InChI is InChI=1S/C19H24N2O4/c1-19(2,10-12-5-3-4-6-16(12)18(20)25)21-11-17(24)13-7-14(22)9-15(23)8-13/h3-9,17,21-24H,10-11H2,1-2H3,(H2,20,25). The minimum atomic E-state index is -0.899. The lowest BCUT2D eigenvalue weighted by Crippen LogP contribution is -2.43. The first-order valence-corrected chi connectivity index (χ1v) is 8.02. The van der Waals surface area contributed by atoms with Crippen LogP contribution in [0.15, 0.2) is 42.5 Å². The molecule has 2 aromatic rings. The Morgan fingerprint density at radius 1 is 1.16 bits per heavy atom. The Hall–Kier alpha value is -2.57. The number of nitrogens with two attached hydrogens (primary N) is 1. The maximum absolute atomic E-state index is 11.5. The zero-order valence-electron chi connectivity index (χ0n) is 14.4. The predicted molar refractivity (Wildman–Crippen MR) is 95.5 cm³/mol. The lowest BCUT2D eigenvalue weighted by atomic mass is 9.91. The molecule has 0 saturated carbocycles. The number of primary amides is 1. The van der Waals surface area contributed by atoms with Gasteiger partial charge in [-0.15, -0.1) is 0 Å². The Morgan fingerprint density at radius 3 is 2.36 bits per heavy atom. The van der Waals surface area contributed by atoms with Crippen molar-refractivity contribution in [3.05, 3.63) is 59.2 Å². The van der Waals surface area contributed by atoms with Crippen molar-refractivity contribution in [3.8, 4) is 11.5 Å². The number of carbonyl (C=O) groups is 1. The first kappa shape index (κ1) is 18.8. The maximum atomic E-state index is 11.5. The number of amides is 1. The Labute approximate surface area is 146 Å². The second-order valence-corrected chi connectivity index (χ2v) is 6.76. The second kappa shape index (κ2) is 7.55. The summed E-state index contributed by atoms with van der Waals surface area (Å²) in [6.07, 6.45) is -0.354. The van der Waals surface area contributed by atoms with E-state index < -0.39 is 17.6 Å². The fourth-order valence-corrected chi connectivity index (χ4v) is 2.75. The topological polar surface area (TPSA) is 116 Å². The summed E-state index contributed by atoms with van der Waals surface area (Å²) in [5.41, 5.74) is 6.73.